The summed E-state index contributed by atoms with van der Waals surface area (Å²) < 4.78 is 64.3. The maximum Gasteiger partial charge on any atom is 0.417 e. The summed E-state index contributed by atoms with van der Waals surface area (Å²) in [4.78, 5) is 10.2. The summed E-state index contributed by atoms with van der Waals surface area (Å²) in [7, 11) is -4.47. The average molecular weight is 391 g/mol. The van der Waals surface area contributed by atoms with Gasteiger partial charge in [0.15, 0.2) is 0 Å². The number of carbonyl (C=O) groups is 1. The predicted molar refractivity (Wildman–Crippen MR) is 78.6 cm³/mol. The van der Waals surface area contributed by atoms with E-state index in [0.717, 1.165) is 12.1 Å². The summed E-state index contributed by atoms with van der Waals surface area (Å²) in [5, 5.41) is 10.3. The number of alkyl halides is 3. The van der Waals surface area contributed by atoms with E-state index < -0.39 is 43.7 Å². The van der Waals surface area contributed by atoms with Gasteiger partial charge in [0.2, 0.25) is 10.0 Å². The highest BCUT2D eigenvalue weighted by atomic mass is 35.5. The Morgan fingerprint density at radius 1 is 1.43 bits per heavy atom. The van der Waals surface area contributed by atoms with Gasteiger partial charge < -0.3 is 9.90 Å². The average Bonchev–Trinajstić information content (AvgIpc) is 2.42. The highest BCUT2D eigenvalue weighted by Crippen LogP contribution is 2.35. The van der Waals surface area contributed by atoms with Gasteiger partial charge in [-0.1, -0.05) is 11.6 Å². The van der Waals surface area contributed by atoms with Crippen LogP contribution in [0, 0.1) is 0 Å². The zero-order chi connectivity index (χ0) is 17.8. The molecule has 1 N–H and O–H groups in total. The molecular weight excluding hydrogens is 379 g/mol. The Balaban J connectivity index is 3.15. The lowest BCUT2D eigenvalue weighted by molar-refractivity contribution is -0.308. The van der Waals surface area contributed by atoms with E-state index in [1.165, 1.54) is 11.8 Å². The lowest BCUT2D eigenvalue weighted by Gasteiger charge is -2.20. The van der Waals surface area contributed by atoms with Crippen LogP contribution in [0.1, 0.15) is 12.0 Å². The van der Waals surface area contributed by atoms with E-state index >= 15 is 0 Å². The van der Waals surface area contributed by atoms with Crippen LogP contribution in [0.15, 0.2) is 23.1 Å². The maximum atomic E-state index is 12.8. The number of carboxylic acid groups (broad SMARTS) is 1. The van der Waals surface area contributed by atoms with Crippen LogP contribution in [0.4, 0.5) is 13.2 Å². The standard InChI is InChI=1S/C12H13ClF3NO4S2/c1-22-5-4-10(11(18)19)17-23(20,21)7-2-3-9(13)8(6-7)12(14,15)16/h2-3,6,10,17H,4-5H2,1H3,(H,18,19)/p-1/t10-/m0/s1. The lowest BCUT2D eigenvalue weighted by Crippen LogP contribution is -2.48. The van der Waals surface area contributed by atoms with Gasteiger partial charge in [-0.05, 0) is 36.6 Å². The number of sulfonamides is 1. The molecule has 1 aromatic carbocycles. The Kier molecular flexibility index (Phi) is 6.75. The van der Waals surface area contributed by atoms with Gasteiger partial charge in [-0.15, -0.1) is 0 Å². The van der Waals surface area contributed by atoms with Gasteiger partial charge >= 0.3 is 6.18 Å². The monoisotopic (exact) mass is 390 g/mol. The molecular formula is C12H12ClF3NO4S2-. The molecule has 1 atom stereocenters. The molecule has 1 aromatic rings. The van der Waals surface area contributed by atoms with Crippen LogP contribution >= 0.6 is 23.4 Å². The van der Waals surface area contributed by atoms with Gasteiger partial charge in [-0.3, -0.25) is 0 Å². The van der Waals surface area contributed by atoms with Gasteiger partial charge in [-0.25, -0.2) is 13.1 Å². The zero-order valence-corrected chi connectivity index (χ0v) is 14.1. The number of halogens is 4. The zero-order valence-electron chi connectivity index (χ0n) is 11.7. The number of hydrogen-bond acceptors (Lipinski definition) is 5. The van der Waals surface area contributed by atoms with Crippen LogP contribution in [0.2, 0.25) is 5.02 Å². The first kappa shape index (κ1) is 20.1. The van der Waals surface area contributed by atoms with Crippen LogP contribution in [0.3, 0.4) is 0 Å². The van der Waals surface area contributed by atoms with Crippen LogP contribution in [-0.2, 0) is 21.0 Å². The van der Waals surface area contributed by atoms with Crippen LogP contribution < -0.4 is 9.83 Å². The molecule has 0 saturated heterocycles. The molecule has 11 heteroatoms. The van der Waals surface area contributed by atoms with E-state index in [1.54, 1.807) is 6.26 Å². The number of benzene rings is 1. The van der Waals surface area contributed by atoms with Crippen LogP contribution in [0.5, 0.6) is 0 Å². The normalized spacial score (nSPS) is 13.8. The summed E-state index contributed by atoms with van der Waals surface area (Å²) in [5.41, 5.74) is -1.32. The van der Waals surface area contributed by atoms with Crippen LogP contribution in [0.25, 0.3) is 0 Å². The predicted octanol–water partition coefficient (Wildman–Crippen LogP) is 1.51. The molecule has 0 aliphatic carbocycles. The minimum Gasteiger partial charge on any atom is -0.548 e. The van der Waals surface area contributed by atoms with Crippen molar-refractivity contribution in [2.75, 3.05) is 12.0 Å². The third-order valence-electron chi connectivity index (χ3n) is 2.75. The van der Waals surface area contributed by atoms with E-state index in [0.29, 0.717) is 11.8 Å². The number of nitrogens with one attached hydrogen (secondary N) is 1. The minimum absolute atomic E-state index is 0.0670. The van der Waals surface area contributed by atoms with E-state index in [1.807, 2.05) is 4.72 Å². The van der Waals surface area contributed by atoms with Crippen molar-refractivity contribution in [3.05, 3.63) is 28.8 Å². The molecule has 0 bridgehead atoms. The summed E-state index contributed by atoms with van der Waals surface area (Å²) in [6, 6.07) is 0.457. The third-order valence-corrected chi connectivity index (χ3v) is 5.19. The Hall–Kier alpha value is -0.970. The second kappa shape index (κ2) is 7.73. The quantitative estimate of drug-likeness (QED) is 0.762. The molecule has 0 spiro atoms. The number of aliphatic carboxylic acids is 1. The van der Waals surface area contributed by atoms with E-state index in [9.17, 15) is 31.5 Å². The molecule has 0 radical (unpaired) electrons. The molecule has 0 unspecified atom stereocenters. The summed E-state index contributed by atoms with van der Waals surface area (Å²) in [5.74, 6) is -1.33. The van der Waals surface area contributed by atoms with E-state index in [2.05, 4.69) is 0 Å². The number of carbonyl (C=O) groups excluding carboxylic acids is 1. The number of rotatable bonds is 7. The second-order valence-corrected chi connectivity index (χ2v) is 7.52. The molecule has 0 aromatic heterocycles. The Morgan fingerprint density at radius 2 is 2.04 bits per heavy atom. The molecule has 0 heterocycles. The third kappa shape index (κ3) is 5.55. The summed E-state index contributed by atoms with van der Waals surface area (Å²) >= 11 is 6.70. The van der Waals surface area contributed by atoms with E-state index in [4.69, 9.17) is 11.6 Å². The first-order chi connectivity index (χ1) is 10.5. The van der Waals surface area contributed by atoms with Crippen molar-refractivity contribution in [2.45, 2.75) is 23.5 Å². The highest BCUT2D eigenvalue weighted by molar-refractivity contribution is 7.98. The lowest BCUT2D eigenvalue weighted by atomic mass is 10.2. The smallest absolute Gasteiger partial charge is 0.417 e. The van der Waals surface area contributed by atoms with Crippen molar-refractivity contribution in [3.63, 3.8) is 0 Å². The molecule has 0 saturated carbocycles. The summed E-state index contributed by atoms with van der Waals surface area (Å²) in [6.45, 7) is 0. The number of carboxylic acids is 1. The van der Waals surface area contributed by atoms with Crippen molar-refractivity contribution in [3.8, 4) is 0 Å². The Bertz CT molecular complexity index is 679. The number of hydrogen-bond donors (Lipinski definition) is 1. The molecule has 0 aliphatic rings. The van der Waals surface area contributed by atoms with Crippen molar-refractivity contribution < 1.29 is 31.5 Å². The first-order valence-electron chi connectivity index (χ1n) is 6.08. The molecule has 0 fully saturated rings. The van der Waals surface area contributed by atoms with Gasteiger partial charge in [0.1, 0.15) is 0 Å². The topological polar surface area (TPSA) is 86.3 Å². The van der Waals surface area contributed by atoms with Crippen LogP contribution in [-0.4, -0.2) is 32.4 Å². The minimum atomic E-state index is -4.84. The molecule has 23 heavy (non-hydrogen) atoms. The van der Waals surface area contributed by atoms with Crippen molar-refractivity contribution >= 4 is 39.4 Å². The first-order valence-corrected chi connectivity index (χ1v) is 9.33. The fourth-order valence-electron chi connectivity index (χ4n) is 1.60. The SMILES string of the molecule is CSCC[C@H](NS(=O)(=O)c1ccc(Cl)c(C(F)(F)F)c1)C(=O)[O-]. The summed E-state index contributed by atoms with van der Waals surface area (Å²) in [6.07, 6.45) is -3.21. The molecule has 0 aliphatic heterocycles. The van der Waals surface area contributed by atoms with Crippen molar-refractivity contribution in [1.29, 1.82) is 0 Å². The molecule has 1 rings (SSSR count). The van der Waals surface area contributed by atoms with Gasteiger partial charge in [-0.2, -0.15) is 24.9 Å². The highest BCUT2D eigenvalue weighted by Gasteiger charge is 2.34. The van der Waals surface area contributed by atoms with Gasteiger partial charge in [0.05, 0.1) is 27.5 Å². The Morgan fingerprint density at radius 3 is 2.52 bits per heavy atom. The molecule has 0 amide bonds. The molecule has 130 valence electrons. The van der Waals surface area contributed by atoms with Crippen molar-refractivity contribution in [1.82, 2.24) is 4.72 Å². The fourth-order valence-corrected chi connectivity index (χ4v) is 3.55. The second-order valence-electron chi connectivity index (χ2n) is 4.41. The van der Waals surface area contributed by atoms with Gasteiger partial charge in [0, 0.05) is 0 Å². The number of thioether (sulfide) groups is 1. The van der Waals surface area contributed by atoms with Gasteiger partial charge in [0.25, 0.3) is 0 Å². The fraction of sp³-hybridized carbons (Fsp3) is 0.417. The molecule has 5 nitrogen and oxygen atoms in total. The van der Waals surface area contributed by atoms with Crippen molar-refractivity contribution in [2.24, 2.45) is 0 Å². The Labute approximate surface area is 140 Å². The maximum absolute atomic E-state index is 12.8. The van der Waals surface area contributed by atoms with E-state index in [-0.39, 0.29) is 6.42 Å². The largest absolute Gasteiger partial charge is 0.548 e.